The molecule has 1 aliphatic carbocycles. The number of rotatable bonds is 8. The summed E-state index contributed by atoms with van der Waals surface area (Å²) in [5, 5.41) is 6.19. The lowest BCUT2D eigenvalue weighted by molar-refractivity contribution is -0.139. The first-order valence-corrected chi connectivity index (χ1v) is 7.63. The molecule has 0 aliphatic heterocycles. The first-order chi connectivity index (χ1) is 9.69. The molecule has 2 rings (SSSR count). The molecule has 1 aromatic rings. The minimum absolute atomic E-state index is 0.184. The van der Waals surface area contributed by atoms with Gasteiger partial charge in [0.1, 0.15) is 0 Å². The predicted molar refractivity (Wildman–Crippen MR) is 77.5 cm³/mol. The van der Waals surface area contributed by atoms with Crippen LogP contribution in [0.25, 0.3) is 0 Å². The highest BCUT2D eigenvalue weighted by molar-refractivity contribution is 7.12. The molecule has 0 spiro atoms. The minimum Gasteiger partial charge on any atom is -0.469 e. The van der Waals surface area contributed by atoms with Crippen LogP contribution in [0.5, 0.6) is 0 Å². The fourth-order valence-electron chi connectivity index (χ4n) is 1.80. The van der Waals surface area contributed by atoms with Crippen molar-refractivity contribution in [3.8, 4) is 0 Å². The molecule has 1 fully saturated rings. The second-order valence-electron chi connectivity index (χ2n) is 4.86. The second kappa shape index (κ2) is 7.40. The van der Waals surface area contributed by atoms with E-state index in [4.69, 9.17) is 0 Å². The Kier molecular flexibility index (Phi) is 5.55. The molecule has 110 valence electrons. The molecule has 1 saturated carbocycles. The lowest BCUT2D eigenvalue weighted by Crippen LogP contribution is -2.32. The molecule has 0 atom stereocenters. The topological polar surface area (TPSA) is 67.4 Å². The van der Waals surface area contributed by atoms with E-state index in [1.165, 1.54) is 12.0 Å². The maximum atomic E-state index is 11.4. The van der Waals surface area contributed by atoms with Crippen molar-refractivity contribution in [2.45, 2.75) is 25.8 Å². The number of esters is 1. The van der Waals surface area contributed by atoms with E-state index < -0.39 is 0 Å². The van der Waals surface area contributed by atoms with Gasteiger partial charge in [0.25, 0.3) is 0 Å². The third-order valence-corrected chi connectivity index (χ3v) is 4.20. The Hall–Kier alpha value is -1.40. The highest BCUT2D eigenvalue weighted by atomic mass is 32.1. The maximum Gasteiger partial charge on any atom is 0.310 e. The average molecular weight is 296 g/mol. The first-order valence-electron chi connectivity index (χ1n) is 6.82. The third kappa shape index (κ3) is 4.94. The van der Waals surface area contributed by atoms with Gasteiger partial charge in [-0.2, -0.15) is 0 Å². The van der Waals surface area contributed by atoms with Crippen LogP contribution in [0.2, 0.25) is 0 Å². The summed E-state index contributed by atoms with van der Waals surface area (Å²) in [7, 11) is 1.40. The number of amides is 1. The Balaban J connectivity index is 1.59. The molecule has 0 unspecified atom stereocenters. The second-order valence-corrected chi connectivity index (χ2v) is 6.12. The largest absolute Gasteiger partial charge is 0.469 e. The van der Waals surface area contributed by atoms with Gasteiger partial charge in [0.15, 0.2) is 0 Å². The molecule has 20 heavy (non-hydrogen) atoms. The van der Waals surface area contributed by atoms with Crippen molar-refractivity contribution >= 4 is 23.2 Å². The summed E-state index contributed by atoms with van der Waals surface area (Å²) >= 11 is 1.61. The molecule has 0 saturated heterocycles. The molecule has 0 aromatic carbocycles. The molecular weight excluding hydrogens is 276 g/mol. The molecule has 1 heterocycles. The van der Waals surface area contributed by atoms with E-state index in [1.54, 1.807) is 11.3 Å². The normalized spacial score (nSPS) is 14.1. The fraction of sp³-hybridized carbons (Fsp3) is 0.571. The zero-order chi connectivity index (χ0) is 14.4. The van der Waals surface area contributed by atoms with Crippen LogP contribution >= 0.6 is 11.3 Å². The number of ether oxygens (including phenoxy) is 1. The fourth-order valence-corrected chi connectivity index (χ4v) is 2.78. The van der Waals surface area contributed by atoms with Gasteiger partial charge in [-0.3, -0.25) is 9.59 Å². The maximum absolute atomic E-state index is 11.4. The Morgan fingerprint density at radius 3 is 2.75 bits per heavy atom. The zero-order valence-corrected chi connectivity index (χ0v) is 12.4. The van der Waals surface area contributed by atoms with Gasteiger partial charge in [0.2, 0.25) is 5.91 Å². The van der Waals surface area contributed by atoms with Crippen molar-refractivity contribution in [1.82, 2.24) is 10.6 Å². The Labute approximate surface area is 122 Å². The van der Waals surface area contributed by atoms with E-state index in [0.717, 1.165) is 30.8 Å². The van der Waals surface area contributed by atoms with Gasteiger partial charge in [-0.1, -0.05) is 0 Å². The SMILES string of the molecule is COC(=O)Cc1ccc(CNCCNC(=O)C2CC2)s1. The van der Waals surface area contributed by atoms with E-state index in [0.29, 0.717) is 13.0 Å². The van der Waals surface area contributed by atoms with Gasteiger partial charge in [-0.15, -0.1) is 11.3 Å². The first kappa shape index (κ1) is 15.0. The van der Waals surface area contributed by atoms with Crippen molar-refractivity contribution in [3.63, 3.8) is 0 Å². The summed E-state index contributed by atoms with van der Waals surface area (Å²) in [5.41, 5.74) is 0. The number of carbonyl (C=O) groups is 2. The molecule has 2 N–H and O–H groups in total. The van der Waals surface area contributed by atoms with Crippen LogP contribution in [0, 0.1) is 5.92 Å². The number of thiophene rings is 1. The molecule has 1 aliphatic rings. The molecule has 1 aromatic heterocycles. The van der Waals surface area contributed by atoms with Crippen LogP contribution in [0.4, 0.5) is 0 Å². The highest BCUT2D eigenvalue weighted by Crippen LogP contribution is 2.28. The van der Waals surface area contributed by atoms with Gasteiger partial charge < -0.3 is 15.4 Å². The van der Waals surface area contributed by atoms with E-state index in [9.17, 15) is 9.59 Å². The van der Waals surface area contributed by atoms with Crippen LogP contribution in [0.15, 0.2) is 12.1 Å². The molecule has 1 amide bonds. The third-order valence-electron chi connectivity index (χ3n) is 3.11. The van der Waals surface area contributed by atoms with E-state index in [1.807, 2.05) is 12.1 Å². The monoisotopic (exact) mass is 296 g/mol. The zero-order valence-electron chi connectivity index (χ0n) is 11.6. The average Bonchev–Trinajstić information content (AvgIpc) is 3.20. The number of hydrogen-bond acceptors (Lipinski definition) is 5. The lowest BCUT2D eigenvalue weighted by Gasteiger charge is -2.05. The molecule has 6 heteroatoms. The Bertz CT molecular complexity index is 469. The van der Waals surface area contributed by atoms with Gasteiger partial charge in [0.05, 0.1) is 13.5 Å². The predicted octanol–water partition coefficient (Wildman–Crippen LogP) is 1.08. The highest BCUT2D eigenvalue weighted by Gasteiger charge is 2.28. The smallest absolute Gasteiger partial charge is 0.310 e. The lowest BCUT2D eigenvalue weighted by atomic mass is 10.3. The van der Waals surface area contributed by atoms with Crippen LogP contribution in [0.3, 0.4) is 0 Å². The quantitative estimate of drug-likeness (QED) is 0.556. The van der Waals surface area contributed by atoms with Gasteiger partial charge in [-0.05, 0) is 25.0 Å². The van der Waals surface area contributed by atoms with Gasteiger partial charge in [-0.25, -0.2) is 0 Å². The van der Waals surface area contributed by atoms with Crippen molar-refractivity contribution in [3.05, 3.63) is 21.9 Å². The van der Waals surface area contributed by atoms with E-state index in [-0.39, 0.29) is 17.8 Å². The standard InChI is InChI=1S/C14H20N2O3S/c1-19-13(17)8-11-4-5-12(20-11)9-15-6-7-16-14(18)10-2-3-10/h4-5,10,15H,2-3,6-9H2,1H3,(H,16,18). The summed E-state index contributed by atoms with van der Waals surface area (Å²) in [6, 6.07) is 3.96. The number of methoxy groups -OCH3 is 1. The minimum atomic E-state index is -0.214. The van der Waals surface area contributed by atoms with Gasteiger partial charge in [0, 0.05) is 35.3 Å². The number of hydrogen-bond donors (Lipinski definition) is 2. The van der Waals surface area contributed by atoms with Crippen molar-refractivity contribution in [2.24, 2.45) is 5.92 Å². The summed E-state index contributed by atoms with van der Waals surface area (Å²) in [6.45, 7) is 2.17. The van der Waals surface area contributed by atoms with Crippen LogP contribution < -0.4 is 10.6 Å². The molecule has 0 radical (unpaired) electrons. The van der Waals surface area contributed by atoms with Crippen LogP contribution in [0.1, 0.15) is 22.6 Å². The number of carbonyl (C=O) groups excluding carboxylic acids is 2. The van der Waals surface area contributed by atoms with Crippen LogP contribution in [-0.4, -0.2) is 32.1 Å². The van der Waals surface area contributed by atoms with Crippen molar-refractivity contribution < 1.29 is 14.3 Å². The summed E-state index contributed by atoms with van der Waals surface area (Å²) in [5.74, 6) is 0.241. The number of nitrogens with one attached hydrogen (secondary N) is 2. The Morgan fingerprint density at radius 1 is 1.30 bits per heavy atom. The summed E-state index contributed by atoms with van der Waals surface area (Å²) in [6.07, 6.45) is 2.41. The van der Waals surface area contributed by atoms with Crippen molar-refractivity contribution in [1.29, 1.82) is 0 Å². The van der Waals surface area contributed by atoms with E-state index >= 15 is 0 Å². The molecular formula is C14H20N2O3S. The summed E-state index contributed by atoms with van der Waals surface area (Å²) < 4.78 is 4.64. The summed E-state index contributed by atoms with van der Waals surface area (Å²) in [4.78, 5) is 24.7. The Morgan fingerprint density at radius 2 is 2.05 bits per heavy atom. The molecule has 0 bridgehead atoms. The van der Waals surface area contributed by atoms with Gasteiger partial charge >= 0.3 is 5.97 Å². The van der Waals surface area contributed by atoms with E-state index in [2.05, 4.69) is 15.4 Å². The van der Waals surface area contributed by atoms with Crippen molar-refractivity contribution in [2.75, 3.05) is 20.2 Å². The molecule has 5 nitrogen and oxygen atoms in total. The van der Waals surface area contributed by atoms with Crippen LogP contribution in [-0.2, 0) is 27.3 Å².